The van der Waals surface area contributed by atoms with Gasteiger partial charge in [0.25, 0.3) is 0 Å². The largest absolute Gasteiger partial charge is 0.398 e. The number of hydrogen-bond donors (Lipinski definition) is 2. The third-order valence-corrected chi connectivity index (χ3v) is 6.24. The minimum Gasteiger partial charge on any atom is -0.398 e. The second kappa shape index (κ2) is 9.12. The van der Waals surface area contributed by atoms with E-state index < -0.39 is 0 Å². The van der Waals surface area contributed by atoms with Gasteiger partial charge in [0, 0.05) is 12.2 Å². The van der Waals surface area contributed by atoms with Crippen molar-refractivity contribution in [3.8, 4) is 0 Å². The van der Waals surface area contributed by atoms with Crippen molar-refractivity contribution in [1.29, 1.82) is 0 Å². The maximum atomic E-state index is 6.42. The van der Waals surface area contributed by atoms with Crippen LogP contribution >= 0.6 is 0 Å². The van der Waals surface area contributed by atoms with Crippen LogP contribution in [0.5, 0.6) is 0 Å². The smallest absolute Gasteiger partial charge is 0.0356 e. The highest BCUT2D eigenvalue weighted by atomic mass is 14.8. The van der Waals surface area contributed by atoms with Crippen LogP contribution in [0.15, 0.2) is 48.7 Å². The van der Waals surface area contributed by atoms with Gasteiger partial charge in [-0.2, -0.15) is 0 Å². The van der Waals surface area contributed by atoms with Gasteiger partial charge in [-0.3, -0.25) is 0 Å². The van der Waals surface area contributed by atoms with Gasteiger partial charge in [-0.15, -0.1) is 0 Å². The molecular formula is C24H36N2. The van der Waals surface area contributed by atoms with Crippen molar-refractivity contribution in [2.45, 2.75) is 59.8 Å². The van der Waals surface area contributed by atoms with Crippen molar-refractivity contribution in [2.24, 2.45) is 11.3 Å². The third kappa shape index (κ3) is 4.60. The van der Waals surface area contributed by atoms with Crippen molar-refractivity contribution < 1.29 is 0 Å². The number of nitrogens with two attached hydrogens (primary N) is 1. The summed E-state index contributed by atoms with van der Waals surface area (Å²) >= 11 is 0. The fourth-order valence-electron chi connectivity index (χ4n) is 4.05. The minimum atomic E-state index is 0.326. The first-order valence-electron chi connectivity index (χ1n) is 10.1. The molecule has 1 heterocycles. The summed E-state index contributed by atoms with van der Waals surface area (Å²) in [5, 5.41) is 3.19. The summed E-state index contributed by atoms with van der Waals surface area (Å²) in [7, 11) is 0. The van der Waals surface area contributed by atoms with Gasteiger partial charge in [0.05, 0.1) is 0 Å². The van der Waals surface area contributed by atoms with Crippen LogP contribution in [0.4, 0.5) is 5.69 Å². The van der Waals surface area contributed by atoms with Crippen LogP contribution in [-0.2, 0) is 6.42 Å². The number of benzene rings is 1. The van der Waals surface area contributed by atoms with Gasteiger partial charge in [-0.05, 0) is 59.2 Å². The summed E-state index contributed by atoms with van der Waals surface area (Å²) in [4.78, 5) is 0. The molecule has 1 unspecified atom stereocenters. The van der Waals surface area contributed by atoms with Crippen molar-refractivity contribution in [3.63, 3.8) is 0 Å². The number of dihydropyridines is 1. The van der Waals surface area contributed by atoms with E-state index in [-0.39, 0.29) is 0 Å². The van der Waals surface area contributed by atoms with E-state index >= 15 is 0 Å². The molecule has 1 aromatic carbocycles. The summed E-state index contributed by atoms with van der Waals surface area (Å²) in [5.74, 6) is 0.552. The summed E-state index contributed by atoms with van der Waals surface area (Å²) in [5.41, 5.74) is 12.6. The molecule has 1 atom stereocenters. The van der Waals surface area contributed by atoms with E-state index in [1.54, 1.807) is 0 Å². The first-order chi connectivity index (χ1) is 12.4. The van der Waals surface area contributed by atoms with Gasteiger partial charge in [-0.1, -0.05) is 77.3 Å². The monoisotopic (exact) mass is 352 g/mol. The number of nitrogens with one attached hydrogen (secondary N) is 1. The van der Waals surface area contributed by atoms with Crippen LogP contribution in [0.25, 0.3) is 5.57 Å². The zero-order valence-electron chi connectivity index (χ0n) is 17.1. The molecule has 1 aliphatic heterocycles. The number of rotatable bonds is 9. The van der Waals surface area contributed by atoms with E-state index in [1.165, 1.54) is 48.0 Å². The molecule has 142 valence electrons. The molecule has 3 N–H and O–H groups in total. The SMILES string of the molecule is C=C(Cc1ccc(C2=CCNC=C2)cc1N)C(CCC)C(C)(CC)CC. The zero-order valence-corrected chi connectivity index (χ0v) is 17.1. The van der Waals surface area contributed by atoms with Gasteiger partial charge in [0.15, 0.2) is 0 Å². The quantitative estimate of drug-likeness (QED) is 0.415. The molecule has 1 aromatic rings. The van der Waals surface area contributed by atoms with Crippen LogP contribution in [0, 0.1) is 11.3 Å². The summed E-state index contributed by atoms with van der Waals surface area (Å²) in [6.07, 6.45) is 11.9. The number of allylic oxidation sites excluding steroid dienone is 3. The molecule has 0 spiro atoms. The Morgan fingerprint density at radius 1 is 1.27 bits per heavy atom. The Morgan fingerprint density at radius 3 is 2.54 bits per heavy atom. The lowest BCUT2D eigenvalue weighted by Crippen LogP contribution is -2.28. The number of nitrogen functional groups attached to an aromatic ring is 1. The Labute approximate surface area is 160 Å². The predicted molar refractivity (Wildman–Crippen MR) is 116 cm³/mol. The molecule has 2 nitrogen and oxygen atoms in total. The van der Waals surface area contributed by atoms with E-state index in [1.807, 2.05) is 6.20 Å². The molecule has 2 heteroatoms. The molecule has 0 fully saturated rings. The fourth-order valence-corrected chi connectivity index (χ4v) is 4.05. The van der Waals surface area contributed by atoms with E-state index in [0.717, 1.165) is 18.7 Å². The average molecular weight is 353 g/mol. The van der Waals surface area contributed by atoms with Gasteiger partial charge in [0.2, 0.25) is 0 Å². The van der Waals surface area contributed by atoms with Gasteiger partial charge >= 0.3 is 0 Å². The second-order valence-electron chi connectivity index (χ2n) is 7.85. The molecule has 26 heavy (non-hydrogen) atoms. The van der Waals surface area contributed by atoms with Crippen molar-refractivity contribution in [2.75, 3.05) is 12.3 Å². The molecule has 0 saturated carbocycles. The van der Waals surface area contributed by atoms with E-state index in [2.05, 4.69) is 69.9 Å². The first kappa shape index (κ1) is 20.4. The molecule has 0 aliphatic carbocycles. The topological polar surface area (TPSA) is 38.0 Å². The Hall–Kier alpha value is -1.96. The van der Waals surface area contributed by atoms with Crippen LogP contribution in [-0.4, -0.2) is 6.54 Å². The highest BCUT2D eigenvalue weighted by Gasteiger charge is 2.32. The highest BCUT2D eigenvalue weighted by molar-refractivity contribution is 5.77. The Bertz CT molecular complexity index is 677. The van der Waals surface area contributed by atoms with Crippen molar-refractivity contribution in [1.82, 2.24) is 5.32 Å². The van der Waals surface area contributed by atoms with Gasteiger partial charge < -0.3 is 11.1 Å². The summed E-state index contributed by atoms with van der Waals surface area (Å²) in [6.45, 7) is 14.7. The highest BCUT2D eigenvalue weighted by Crippen LogP contribution is 2.42. The first-order valence-corrected chi connectivity index (χ1v) is 10.1. The maximum absolute atomic E-state index is 6.42. The van der Waals surface area contributed by atoms with E-state index in [0.29, 0.717) is 11.3 Å². The minimum absolute atomic E-state index is 0.326. The predicted octanol–water partition coefficient (Wildman–Crippen LogP) is 6.11. The zero-order chi connectivity index (χ0) is 19.2. The lowest BCUT2D eigenvalue weighted by Gasteiger charge is -2.38. The molecular weight excluding hydrogens is 316 g/mol. The van der Waals surface area contributed by atoms with Crippen LogP contribution in [0.3, 0.4) is 0 Å². The molecule has 1 aliphatic rings. The third-order valence-electron chi connectivity index (χ3n) is 6.24. The molecule has 0 aromatic heterocycles. The van der Waals surface area contributed by atoms with Crippen LogP contribution in [0.1, 0.15) is 64.5 Å². The number of anilines is 1. The summed E-state index contributed by atoms with van der Waals surface area (Å²) in [6, 6.07) is 6.48. The lowest BCUT2D eigenvalue weighted by atomic mass is 9.67. The Morgan fingerprint density at radius 2 is 2.00 bits per heavy atom. The molecule has 0 saturated heterocycles. The van der Waals surface area contributed by atoms with Crippen LogP contribution < -0.4 is 11.1 Å². The molecule has 2 rings (SSSR count). The maximum Gasteiger partial charge on any atom is 0.0356 e. The normalized spacial score (nSPS) is 15.3. The Kier molecular flexibility index (Phi) is 7.14. The fraction of sp³-hybridized carbons (Fsp3) is 0.500. The van der Waals surface area contributed by atoms with Gasteiger partial charge in [-0.25, -0.2) is 0 Å². The van der Waals surface area contributed by atoms with Gasteiger partial charge in [0.1, 0.15) is 0 Å². The average Bonchev–Trinajstić information content (AvgIpc) is 2.67. The summed E-state index contributed by atoms with van der Waals surface area (Å²) < 4.78 is 0. The van der Waals surface area contributed by atoms with Crippen molar-refractivity contribution >= 4 is 11.3 Å². The second-order valence-corrected chi connectivity index (χ2v) is 7.85. The Balaban J connectivity index is 2.19. The van der Waals surface area contributed by atoms with E-state index in [4.69, 9.17) is 5.73 Å². The van der Waals surface area contributed by atoms with Crippen LogP contribution in [0.2, 0.25) is 0 Å². The molecule has 0 bridgehead atoms. The lowest BCUT2D eigenvalue weighted by molar-refractivity contribution is 0.185. The van der Waals surface area contributed by atoms with E-state index in [9.17, 15) is 0 Å². The molecule has 0 radical (unpaired) electrons. The standard InChI is InChI=1S/C24H36N2/c1-6-9-22(24(5,7-2)8-3)18(4)16-21-11-10-20(17-23(21)25)19-12-14-26-15-13-19/h10-14,17,22,26H,4,6-9,15-16,25H2,1-3,5H3. The number of hydrogen-bond acceptors (Lipinski definition) is 2. The van der Waals surface area contributed by atoms with Crippen molar-refractivity contribution in [3.05, 3.63) is 59.8 Å². The molecule has 0 amide bonds.